The molecule has 6 aliphatic heterocycles. The van der Waals surface area contributed by atoms with Gasteiger partial charge < -0.3 is 25.1 Å². The second kappa shape index (κ2) is 13.3. The second-order valence-corrected chi connectivity index (χ2v) is 16.4. The van der Waals surface area contributed by atoms with Crippen LogP contribution in [0.15, 0.2) is 48.5 Å². The summed E-state index contributed by atoms with van der Waals surface area (Å²) in [6, 6.07) is 13.6. The smallest absolute Gasteiger partial charge is 0.262 e. The first-order chi connectivity index (χ1) is 26.7. The number of nitrogens with zero attached hydrogens (tertiary/aromatic N) is 7. The van der Waals surface area contributed by atoms with E-state index in [1.165, 1.54) is 0 Å². The lowest BCUT2D eigenvalue weighted by atomic mass is 9.93. The first kappa shape index (κ1) is 34.3. The van der Waals surface area contributed by atoms with Crippen LogP contribution in [0.25, 0.3) is 11.3 Å². The molecule has 7 aliphatic rings. The Morgan fingerprint density at radius 2 is 1.64 bits per heavy atom. The van der Waals surface area contributed by atoms with Crippen molar-refractivity contribution in [2.45, 2.75) is 37.5 Å². The lowest BCUT2D eigenvalue weighted by Gasteiger charge is -2.46. The molecular weight excluding hydrogens is 705 g/mol. The number of imide groups is 2. The molecule has 14 nitrogen and oxygen atoms in total. The highest BCUT2D eigenvalue weighted by Crippen LogP contribution is 2.52. The normalized spacial score (nSPS) is 30.4. The molecule has 1 aliphatic carbocycles. The number of likely N-dealkylation sites (tertiary alicyclic amines) is 1. The van der Waals surface area contributed by atoms with Crippen LogP contribution < -0.4 is 20.4 Å². The number of alkyl halides is 1. The quantitative estimate of drug-likeness (QED) is 0.304. The van der Waals surface area contributed by atoms with E-state index >= 15 is 4.39 Å². The number of fused-ring (bicyclic) bond motifs is 5. The number of benzene rings is 2. The molecule has 286 valence electrons. The molecular formula is C40H44FN9O5. The number of hydrogen-bond donors (Lipinski definition) is 3. The molecule has 4 saturated heterocycles. The maximum atomic E-state index is 15.8. The number of hydrogen-bond acceptors (Lipinski definition) is 12. The molecule has 7 heterocycles. The molecule has 0 radical (unpaired) electrons. The third kappa shape index (κ3) is 5.98. The first-order valence-corrected chi connectivity index (χ1v) is 19.6. The van der Waals surface area contributed by atoms with Crippen molar-refractivity contribution in [1.82, 2.24) is 30.2 Å². The van der Waals surface area contributed by atoms with Crippen molar-refractivity contribution in [3.8, 4) is 17.0 Å². The summed E-state index contributed by atoms with van der Waals surface area (Å²) in [6.45, 7) is 8.48. The third-order valence-corrected chi connectivity index (χ3v) is 13.2. The number of aromatic hydroxyl groups is 1. The number of nitrogens with one attached hydrogen (secondary N) is 2. The standard InChI is InChI=1S/C40H44FN9O5/c41-31-21-48(23-5-6-25-27(13-23)40(55)50(39(25)54)33-7-8-36(52)43-38(33)53)10-9-22(31)16-47-19-29-28(30(29)20-47)18-46-11-12-49-24(17-46)15-42-37-34(49)14-32(44-45-37)26-3-1-2-4-35(26)51/h1-6,13-14,22,24,28-31,33,51H,7-12,15-21H2,(H,42,45)(H,43,52,53)/t22-,24+,28?,29-,30+,31+,33?/m1/s1. The Morgan fingerprint density at radius 3 is 2.44 bits per heavy atom. The number of phenolic OH excluding ortho intramolecular Hbond substituents is 1. The van der Waals surface area contributed by atoms with E-state index in [1.807, 2.05) is 23.1 Å². The number of aromatic nitrogens is 2. The molecule has 1 aromatic heterocycles. The minimum absolute atomic E-state index is 0.0568. The lowest BCUT2D eigenvalue weighted by molar-refractivity contribution is -0.136. The fourth-order valence-electron chi connectivity index (χ4n) is 10.2. The van der Waals surface area contributed by atoms with E-state index in [9.17, 15) is 24.3 Å². The van der Waals surface area contributed by atoms with Gasteiger partial charge in [0, 0.05) is 89.0 Å². The Balaban J connectivity index is 0.701. The minimum Gasteiger partial charge on any atom is -0.507 e. The number of anilines is 3. The second-order valence-electron chi connectivity index (χ2n) is 16.4. The van der Waals surface area contributed by atoms with Crippen molar-refractivity contribution >= 4 is 40.8 Å². The van der Waals surface area contributed by atoms with Crippen LogP contribution in [0.3, 0.4) is 0 Å². The Bertz CT molecular complexity index is 2090. The number of carbonyl (C=O) groups excluding carboxylic acids is 4. The summed E-state index contributed by atoms with van der Waals surface area (Å²) in [5.74, 6) is 0.813. The van der Waals surface area contributed by atoms with Gasteiger partial charge in [0.15, 0.2) is 5.82 Å². The van der Waals surface area contributed by atoms with E-state index in [2.05, 4.69) is 35.5 Å². The zero-order valence-corrected chi connectivity index (χ0v) is 30.4. The SMILES string of the molecule is O=C1CCC(N2C(=O)c3ccc(N4CC[C@H](CN5C[C@@H]6C(CN7CCN8c9cc(-c%10ccccc%10O)nnc9NC[C@H]8C7)[C@@H]6C5)[C@@H](F)C4)cc3C2=O)C(=O)N1. The number of carbonyl (C=O) groups is 4. The van der Waals surface area contributed by atoms with Crippen LogP contribution in [0.5, 0.6) is 5.75 Å². The van der Waals surface area contributed by atoms with Crippen molar-refractivity contribution < 1.29 is 28.7 Å². The molecule has 3 aromatic rings. The van der Waals surface area contributed by atoms with E-state index in [4.69, 9.17) is 0 Å². The van der Waals surface area contributed by atoms with Crippen LogP contribution in [-0.4, -0.2) is 137 Å². The topological polar surface area (TPSA) is 155 Å². The highest BCUT2D eigenvalue weighted by Gasteiger charge is 2.56. The van der Waals surface area contributed by atoms with Gasteiger partial charge in [0.05, 0.1) is 28.6 Å². The van der Waals surface area contributed by atoms with Crippen molar-refractivity contribution in [3.05, 3.63) is 59.7 Å². The number of amides is 4. The Hall–Kier alpha value is -5.15. The minimum atomic E-state index is -1.02. The highest BCUT2D eigenvalue weighted by molar-refractivity contribution is 6.23. The van der Waals surface area contributed by atoms with Crippen LogP contribution in [-0.2, 0) is 9.59 Å². The fraction of sp³-hybridized carbons (Fsp3) is 0.500. The van der Waals surface area contributed by atoms with Crippen molar-refractivity contribution in [2.75, 3.05) is 80.6 Å². The Labute approximate surface area is 317 Å². The van der Waals surface area contributed by atoms with E-state index < -0.39 is 35.8 Å². The molecule has 10 rings (SSSR count). The van der Waals surface area contributed by atoms with Gasteiger partial charge in [0.1, 0.15) is 18.0 Å². The number of halogens is 1. The van der Waals surface area contributed by atoms with Gasteiger partial charge in [-0.2, -0.15) is 0 Å². The van der Waals surface area contributed by atoms with Gasteiger partial charge in [-0.1, -0.05) is 12.1 Å². The molecule has 0 spiro atoms. The predicted molar refractivity (Wildman–Crippen MR) is 200 cm³/mol. The van der Waals surface area contributed by atoms with Gasteiger partial charge in [-0.25, -0.2) is 4.39 Å². The maximum absolute atomic E-state index is 15.8. The average Bonchev–Trinajstić information content (AvgIpc) is 3.49. The average molecular weight is 750 g/mol. The number of piperazine rings is 1. The first-order valence-electron chi connectivity index (χ1n) is 19.6. The molecule has 55 heavy (non-hydrogen) atoms. The van der Waals surface area contributed by atoms with Crippen LogP contribution in [0, 0.1) is 23.7 Å². The molecule has 3 N–H and O–H groups in total. The fourth-order valence-corrected chi connectivity index (χ4v) is 10.2. The summed E-state index contributed by atoms with van der Waals surface area (Å²) in [5.41, 5.74) is 3.52. The monoisotopic (exact) mass is 749 g/mol. The summed E-state index contributed by atoms with van der Waals surface area (Å²) in [5, 5.41) is 24.9. The van der Waals surface area contributed by atoms with Crippen molar-refractivity contribution in [3.63, 3.8) is 0 Å². The van der Waals surface area contributed by atoms with Gasteiger partial charge in [-0.15, -0.1) is 10.2 Å². The Kier molecular flexibility index (Phi) is 8.28. The van der Waals surface area contributed by atoms with E-state index in [0.717, 1.165) is 68.8 Å². The molecule has 4 amide bonds. The largest absolute Gasteiger partial charge is 0.507 e. The van der Waals surface area contributed by atoms with E-state index in [0.29, 0.717) is 53.7 Å². The summed E-state index contributed by atoms with van der Waals surface area (Å²) < 4.78 is 15.8. The zero-order valence-electron chi connectivity index (χ0n) is 30.4. The van der Waals surface area contributed by atoms with E-state index in [1.54, 1.807) is 30.3 Å². The van der Waals surface area contributed by atoms with Gasteiger partial charge in [0.25, 0.3) is 11.8 Å². The zero-order chi connectivity index (χ0) is 37.5. The van der Waals surface area contributed by atoms with Gasteiger partial charge in [0.2, 0.25) is 11.8 Å². The van der Waals surface area contributed by atoms with E-state index in [-0.39, 0.29) is 42.2 Å². The number of rotatable bonds is 7. The number of piperidine rings is 3. The number of para-hydroxylation sites is 1. The third-order valence-electron chi connectivity index (χ3n) is 13.2. The molecule has 2 aromatic carbocycles. The molecule has 5 fully saturated rings. The van der Waals surface area contributed by atoms with Gasteiger partial charge >= 0.3 is 0 Å². The number of phenols is 1. The van der Waals surface area contributed by atoms with Crippen molar-refractivity contribution in [1.29, 1.82) is 0 Å². The highest BCUT2D eigenvalue weighted by atomic mass is 19.1. The van der Waals surface area contributed by atoms with Crippen LogP contribution in [0.1, 0.15) is 40.0 Å². The molecule has 1 saturated carbocycles. The summed E-state index contributed by atoms with van der Waals surface area (Å²) >= 11 is 0. The van der Waals surface area contributed by atoms with Crippen molar-refractivity contribution in [2.24, 2.45) is 23.7 Å². The van der Waals surface area contributed by atoms with Crippen LogP contribution in [0.4, 0.5) is 21.6 Å². The molecule has 7 atom stereocenters. The van der Waals surface area contributed by atoms with Gasteiger partial charge in [-0.3, -0.25) is 34.3 Å². The molecule has 2 unspecified atom stereocenters. The molecule has 15 heteroatoms. The van der Waals surface area contributed by atoms with Gasteiger partial charge in [-0.05, 0) is 67.0 Å². The predicted octanol–water partition coefficient (Wildman–Crippen LogP) is 2.21. The van der Waals surface area contributed by atoms with Crippen LogP contribution in [0.2, 0.25) is 0 Å². The summed E-state index contributed by atoms with van der Waals surface area (Å²) in [6.07, 6.45) is -0.147. The lowest BCUT2D eigenvalue weighted by Crippen LogP contribution is -2.58. The maximum Gasteiger partial charge on any atom is 0.262 e. The summed E-state index contributed by atoms with van der Waals surface area (Å²) in [4.78, 5) is 60.9. The summed E-state index contributed by atoms with van der Waals surface area (Å²) in [7, 11) is 0. The Morgan fingerprint density at radius 1 is 0.818 bits per heavy atom. The van der Waals surface area contributed by atoms with Crippen LogP contribution >= 0.6 is 0 Å². The molecule has 0 bridgehead atoms.